The minimum Gasteiger partial charge on any atom is -0.329 e. The van der Waals surface area contributed by atoms with E-state index in [-0.39, 0.29) is 6.04 Å². The molecule has 4 heteroatoms. The zero-order valence-corrected chi connectivity index (χ0v) is 12.9. The SMILES string of the molecule is CC1CCCCCN1C(CN)c1cc(Cl)cc(Cl)c1. The van der Waals surface area contributed by atoms with Crippen LogP contribution in [0.15, 0.2) is 18.2 Å². The van der Waals surface area contributed by atoms with Gasteiger partial charge in [-0.1, -0.05) is 36.0 Å². The third-order valence-electron chi connectivity index (χ3n) is 4.00. The van der Waals surface area contributed by atoms with Crippen LogP contribution in [-0.2, 0) is 0 Å². The molecule has 1 fully saturated rings. The van der Waals surface area contributed by atoms with Gasteiger partial charge in [-0.2, -0.15) is 0 Å². The maximum Gasteiger partial charge on any atom is 0.0474 e. The van der Waals surface area contributed by atoms with E-state index in [9.17, 15) is 0 Å². The van der Waals surface area contributed by atoms with Crippen molar-refractivity contribution in [3.05, 3.63) is 33.8 Å². The van der Waals surface area contributed by atoms with Gasteiger partial charge >= 0.3 is 0 Å². The molecule has 2 N–H and O–H groups in total. The highest BCUT2D eigenvalue weighted by Gasteiger charge is 2.25. The third-order valence-corrected chi connectivity index (χ3v) is 4.43. The highest BCUT2D eigenvalue weighted by atomic mass is 35.5. The average Bonchev–Trinajstić information content (AvgIpc) is 2.55. The van der Waals surface area contributed by atoms with Gasteiger partial charge in [0.15, 0.2) is 0 Å². The van der Waals surface area contributed by atoms with Gasteiger partial charge in [0, 0.05) is 28.7 Å². The molecule has 0 amide bonds. The van der Waals surface area contributed by atoms with E-state index in [0.29, 0.717) is 22.6 Å². The van der Waals surface area contributed by atoms with Crippen molar-refractivity contribution in [1.82, 2.24) is 4.90 Å². The topological polar surface area (TPSA) is 29.3 Å². The van der Waals surface area contributed by atoms with E-state index in [2.05, 4.69) is 11.8 Å². The molecule has 1 aliphatic heterocycles. The van der Waals surface area contributed by atoms with Gasteiger partial charge in [0.05, 0.1) is 0 Å². The Labute approximate surface area is 125 Å². The van der Waals surface area contributed by atoms with Crippen LogP contribution in [0.5, 0.6) is 0 Å². The lowest BCUT2D eigenvalue weighted by Gasteiger charge is -2.35. The van der Waals surface area contributed by atoms with Crippen LogP contribution in [-0.4, -0.2) is 24.0 Å². The summed E-state index contributed by atoms with van der Waals surface area (Å²) in [4.78, 5) is 2.51. The normalized spacial score (nSPS) is 23.1. The van der Waals surface area contributed by atoms with Crippen LogP contribution >= 0.6 is 23.2 Å². The average molecular weight is 301 g/mol. The van der Waals surface area contributed by atoms with E-state index >= 15 is 0 Å². The van der Waals surface area contributed by atoms with E-state index in [4.69, 9.17) is 28.9 Å². The number of likely N-dealkylation sites (tertiary alicyclic amines) is 1. The summed E-state index contributed by atoms with van der Waals surface area (Å²) in [5, 5.41) is 1.37. The predicted molar refractivity (Wildman–Crippen MR) is 82.9 cm³/mol. The van der Waals surface area contributed by atoms with Crippen molar-refractivity contribution in [3.8, 4) is 0 Å². The molecule has 2 unspecified atom stereocenters. The van der Waals surface area contributed by atoms with Crippen LogP contribution < -0.4 is 5.73 Å². The lowest BCUT2D eigenvalue weighted by molar-refractivity contribution is 0.151. The van der Waals surface area contributed by atoms with Gasteiger partial charge in [0.1, 0.15) is 0 Å². The molecule has 2 nitrogen and oxygen atoms in total. The van der Waals surface area contributed by atoms with Gasteiger partial charge in [-0.25, -0.2) is 0 Å². The first-order chi connectivity index (χ1) is 9.11. The first kappa shape index (κ1) is 15.1. The minimum atomic E-state index is 0.212. The zero-order chi connectivity index (χ0) is 13.8. The van der Waals surface area contributed by atoms with E-state index in [0.717, 1.165) is 12.1 Å². The summed E-state index contributed by atoms with van der Waals surface area (Å²) in [6.45, 7) is 3.99. The van der Waals surface area contributed by atoms with Crippen molar-refractivity contribution in [2.45, 2.75) is 44.7 Å². The summed E-state index contributed by atoms with van der Waals surface area (Å²) in [5.41, 5.74) is 7.15. The molecule has 19 heavy (non-hydrogen) atoms. The quantitative estimate of drug-likeness (QED) is 0.904. The Balaban J connectivity index is 2.26. The van der Waals surface area contributed by atoms with Crippen LogP contribution in [0.1, 0.15) is 44.2 Å². The summed E-state index contributed by atoms with van der Waals surface area (Å²) in [5.74, 6) is 0. The Bertz CT molecular complexity index is 402. The summed E-state index contributed by atoms with van der Waals surface area (Å²) in [6.07, 6.45) is 5.11. The van der Waals surface area contributed by atoms with Crippen molar-refractivity contribution in [3.63, 3.8) is 0 Å². The molecule has 106 valence electrons. The number of hydrogen-bond donors (Lipinski definition) is 1. The first-order valence-electron chi connectivity index (χ1n) is 7.03. The van der Waals surface area contributed by atoms with E-state index < -0.39 is 0 Å². The molecule has 0 radical (unpaired) electrons. The Kier molecular flexibility index (Phi) is 5.52. The largest absolute Gasteiger partial charge is 0.329 e. The number of nitrogens with zero attached hydrogens (tertiary/aromatic N) is 1. The molecule has 1 aromatic rings. The summed E-state index contributed by atoms with van der Waals surface area (Å²) < 4.78 is 0. The fourth-order valence-electron chi connectivity index (χ4n) is 2.99. The maximum atomic E-state index is 6.11. The second-order valence-corrected chi connectivity index (χ2v) is 6.26. The summed E-state index contributed by atoms with van der Waals surface area (Å²) >= 11 is 12.2. The molecule has 0 spiro atoms. The standard InChI is InChI=1S/C15H22Cl2N2/c1-11-5-3-2-4-6-19(11)15(10-18)12-7-13(16)9-14(17)8-12/h7-9,11,15H,2-6,10,18H2,1H3. The third kappa shape index (κ3) is 3.85. The number of benzene rings is 1. The molecule has 1 aliphatic rings. The van der Waals surface area contributed by atoms with E-state index in [1.54, 1.807) is 6.07 Å². The maximum absolute atomic E-state index is 6.11. The van der Waals surface area contributed by atoms with Crippen LogP contribution in [0.25, 0.3) is 0 Å². The first-order valence-corrected chi connectivity index (χ1v) is 7.79. The molecule has 0 bridgehead atoms. The molecule has 2 rings (SSSR count). The second kappa shape index (κ2) is 6.94. The van der Waals surface area contributed by atoms with Crippen molar-refractivity contribution >= 4 is 23.2 Å². The van der Waals surface area contributed by atoms with Crippen LogP contribution in [0.2, 0.25) is 10.0 Å². The molecule has 2 atom stereocenters. The van der Waals surface area contributed by atoms with Gasteiger partial charge in [0.25, 0.3) is 0 Å². The molecule has 0 aromatic heterocycles. The number of nitrogens with two attached hydrogens (primary N) is 1. The fourth-order valence-corrected chi connectivity index (χ4v) is 3.53. The molecule has 1 aromatic carbocycles. The lowest BCUT2D eigenvalue weighted by atomic mass is 10.0. The molecular weight excluding hydrogens is 279 g/mol. The van der Waals surface area contributed by atoms with Gasteiger partial charge in [-0.15, -0.1) is 0 Å². The van der Waals surface area contributed by atoms with Gasteiger partial charge < -0.3 is 5.73 Å². The fraction of sp³-hybridized carbons (Fsp3) is 0.600. The number of halogens is 2. The number of rotatable bonds is 3. The van der Waals surface area contributed by atoms with Crippen molar-refractivity contribution in [2.75, 3.05) is 13.1 Å². The van der Waals surface area contributed by atoms with Gasteiger partial charge in [-0.05, 0) is 50.1 Å². The second-order valence-electron chi connectivity index (χ2n) is 5.39. The Morgan fingerprint density at radius 3 is 2.53 bits per heavy atom. The smallest absolute Gasteiger partial charge is 0.0474 e. The summed E-state index contributed by atoms with van der Waals surface area (Å²) in [7, 11) is 0. The Morgan fingerprint density at radius 1 is 1.21 bits per heavy atom. The predicted octanol–water partition coefficient (Wildman–Crippen LogP) is 4.26. The van der Waals surface area contributed by atoms with Crippen molar-refractivity contribution in [2.24, 2.45) is 5.73 Å². The van der Waals surface area contributed by atoms with Crippen LogP contribution in [0.3, 0.4) is 0 Å². The van der Waals surface area contributed by atoms with Crippen molar-refractivity contribution in [1.29, 1.82) is 0 Å². The van der Waals surface area contributed by atoms with Gasteiger partial charge in [0.2, 0.25) is 0 Å². The molecule has 0 saturated carbocycles. The van der Waals surface area contributed by atoms with Crippen LogP contribution in [0, 0.1) is 0 Å². The van der Waals surface area contributed by atoms with Crippen LogP contribution in [0.4, 0.5) is 0 Å². The highest BCUT2D eigenvalue weighted by Crippen LogP contribution is 2.30. The van der Waals surface area contributed by atoms with Gasteiger partial charge in [-0.3, -0.25) is 4.90 Å². The monoisotopic (exact) mass is 300 g/mol. The molecule has 1 saturated heterocycles. The highest BCUT2D eigenvalue weighted by molar-refractivity contribution is 6.34. The molecule has 0 aliphatic carbocycles. The minimum absolute atomic E-state index is 0.212. The van der Waals surface area contributed by atoms with Crippen molar-refractivity contribution < 1.29 is 0 Å². The number of hydrogen-bond acceptors (Lipinski definition) is 2. The van der Waals surface area contributed by atoms with E-state index in [1.807, 2.05) is 12.1 Å². The lowest BCUT2D eigenvalue weighted by Crippen LogP contribution is -2.39. The molecule has 1 heterocycles. The Hall–Kier alpha value is -0.280. The zero-order valence-electron chi connectivity index (χ0n) is 11.4. The summed E-state index contributed by atoms with van der Waals surface area (Å²) in [6, 6.07) is 6.52. The van der Waals surface area contributed by atoms with E-state index in [1.165, 1.54) is 25.7 Å². The molecular formula is C15H22Cl2N2. The Morgan fingerprint density at radius 2 is 1.89 bits per heavy atom.